The first-order valence-electron chi connectivity index (χ1n) is 7.03. The van der Waals surface area contributed by atoms with Crippen LogP contribution in [0.15, 0.2) is 30.6 Å². The molecule has 2 aromatic rings. The van der Waals surface area contributed by atoms with Gasteiger partial charge in [-0.3, -0.25) is 4.57 Å². The average Bonchev–Trinajstić information content (AvgIpc) is 2.86. The van der Waals surface area contributed by atoms with Gasteiger partial charge in [-0.25, -0.2) is 9.97 Å². The van der Waals surface area contributed by atoms with E-state index in [-0.39, 0.29) is 11.6 Å². The Kier molecular flexibility index (Phi) is 4.98. The first-order valence-corrected chi connectivity index (χ1v) is 7.03. The monoisotopic (exact) mass is 285 g/mol. The molecule has 0 amide bonds. The molecule has 0 radical (unpaired) electrons. The lowest BCUT2D eigenvalue weighted by atomic mass is 10.2. The molecule has 0 saturated heterocycles. The maximum atomic E-state index is 11.2. The fraction of sp³-hybridized carbons (Fsp3) is 0.375. The molecule has 0 aliphatic carbocycles. The number of aromatic nitrogens is 3. The summed E-state index contributed by atoms with van der Waals surface area (Å²) in [5.74, 6) is 0.892. The van der Waals surface area contributed by atoms with Gasteiger partial charge >= 0.3 is 0 Å². The molecule has 5 heteroatoms. The van der Waals surface area contributed by atoms with E-state index < -0.39 is 0 Å². The van der Waals surface area contributed by atoms with E-state index in [1.165, 1.54) is 0 Å². The smallest absolute Gasteiger partial charge is 0.233 e. The number of hydrogen-bond acceptors (Lipinski definition) is 4. The predicted octanol–water partition coefficient (Wildman–Crippen LogP) is 2.31. The molecule has 0 bridgehead atoms. The highest BCUT2D eigenvalue weighted by atomic mass is 16.1. The van der Waals surface area contributed by atoms with Crippen LogP contribution in [0.2, 0.25) is 0 Å². The molecule has 0 atom stereocenters. The Morgan fingerprint density at radius 2 is 1.43 bits per heavy atom. The van der Waals surface area contributed by atoms with Crippen molar-refractivity contribution in [3.8, 4) is 5.95 Å². The lowest BCUT2D eigenvalue weighted by Crippen LogP contribution is -2.10. The molecular formula is C16H19N3O2. The van der Waals surface area contributed by atoms with E-state index in [2.05, 4.69) is 9.97 Å². The first kappa shape index (κ1) is 15.1. The summed E-state index contributed by atoms with van der Waals surface area (Å²) in [6.45, 7) is 3.17. The van der Waals surface area contributed by atoms with Gasteiger partial charge in [-0.2, -0.15) is 0 Å². The van der Waals surface area contributed by atoms with Gasteiger partial charge in [0.15, 0.2) is 0 Å². The van der Waals surface area contributed by atoms with E-state index in [0.717, 1.165) is 11.4 Å². The normalized spacial score (nSPS) is 10.6. The van der Waals surface area contributed by atoms with E-state index in [9.17, 15) is 9.59 Å². The summed E-state index contributed by atoms with van der Waals surface area (Å²) in [5, 5.41) is 0. The second-order valence-electron chi connectivity index (χ2n) is 5.10. The largest absolute Gasteiger partial charge is 0.300 e. The molecule has 5 nitrogen and oxygen atoms in total. The highest BCUT2D eigenvalue weighted by Crippen LogP contribution is 2.17. The minimum atomic E-state index is 0.155. The van der Waals surface area contributed by atoms with Crippen molar-refractivity contribution in [3.05, 3.63) is 42.0 Å². The average molecular weight is 285 g/mol. The topological polar surface area (TPSA) is 64.8 Å². The molecule has 0 fully saturated rings. The Hall–Kier alpha value is -2.30. The third kappa shape index (κ3) is 4.08. The Labute approximate surface area is 124 Å². The number of Topliss-reactive ketones (excluding diaryl/α,β-unsaturated/α-hetero) is 2. The van der Waals surface area contributed by atoms with E-state index in [4.69, 9.17) is 0 Å². The highest BCUT2D eigenvalue weighted by Gasteiger charge is 2.13. The zero-order valence-electron chi connectivity index (χ0n) is 12.4. The molecule has 0 aliphatic rings. The molecule has 0 spiro atoms. The number of rotatable bonds is 7. The van der Waals surface area contributed by atoms with Gasteiger partial charge in [0.1, 0.15) is 11.6 Å². The third-order valence-corrected chi connectivity index (χ3v) is 3.26. The second-order valence-corrected chi connectivity index (χ2v) is 5.10. The zero-order chi connectivity index (χ0) is 15.2. The second kappa shape index (κ2) is 6.92. The summed E-state index contributed by atoms with van der Waals surface area (Å²) < 4.78 is 1.95. The number of carbonyl (C=O) groups excluding carboxylic acids is 2. The number of nitrogens with zero attached hydrogens (tertiary/aromatic N) is 3. The van der Waals surface area contributed by atoms with Crippen LogP contribution in [0, 0.1) is 0 Å². The predicted molar refractivity (Wildman–Crippen MR) is 79.4 cm³/mol. The van der Waals surface area contributed by atoms with Gasteiger partial charge in [-0.15, -0.1) is 0 Å². The molecule has 2 rings (SSSR count). The third-order valence-electron chi connectivity index (χ3n) is 3.26. The SMILES string of the molecule is CC(=O)CCc1ccc(CCC(C)=O)n1-c1ncccn1. The van der Waals surface area contributed by atoms with Crippen molar-refractivity contribution in [2.24, 2.45) is 0 Å². The van der Waals surface area contributed by atoms with Gasteiger partial charge in [0.25, 0.3) is 0 Å². The van der Waals surface area contributed by atoms with Crippen LogP contribution in [-0.4, -0.2) is 26.1 Å². The van der Waals surface area contributed by atoms with Crippen molar-refractivity contribution in [1.29, 1.82) is 0 Å². The fourth-order valence-corrected chi connectivity index (χ4v) is 2.19. The first-order chi connectivity index (χ1) is 10.1. The van der Waals surface area contributed by atoms with Crippen molar-refractivity contribution in [1.82, 2.24) is 14.5 Å². The number of aryl methyl sites for hydroxylation is 2. The van der Waals surface area contributed by atoms with Crippen molar-refractivity contribution in [2.75, 3.05) is 0 Å². The summed E-state index contributed by atoms with van der Waals surface area (Å²) in [7, 11) is 0. The molecule has 0 aromatic carbocycles. The summed E-state index contributed by atoms with van der Waals surface area (Å²) in [6.07, 6.45) is 5.64. The summed E-state index contributed by atoms with van der Waals surface area (Å²) in [6, 6.07) is 5.72. The maximum absolute atomic E-state index is 11.2. The maximum Gasteiger partial charge on any atom is 0.233 e. The molecule has 2 aromatic heterocycles. The molecule has 0 N–H and O–H groups in total. The Balaban J connectivity index is 2.33. The summed E-state index contributed by atoms with van der Waals surface area (Å²) in [5.41, 5.74) is 1.99. The Morgan fingerprint density at radius 1 is 0.952 bits per heavy atom. The molecule has 0 unspecified atom stereocenters. The summed E-state index contributed by atoms with van der Waals surface area (Å²) in [4.78, 5) is 31.0. The van der Waals surface area contributed by atoms with E-state index >= 15 is 0 Å². The quantitative estimate of drug-likeness (QED) is 0.783. The van der Waals surface area contributed by atoms with Gasteiger partial charge < -0.3 is 9.59 Å². The van der Waals surface area contributed by atoms with Crippen LogP contribution in [0.1, 0.15) is 38.1 Å². The fourth-order valence-electron chi connectivity index (χ4n) is 2.19. The minimum Gasteiger partial charge on any atom is -0.300 e. The van der Waals surface area contributed by atoms with Gasteiger partial charge in [0.2, 0.25) is 5.95 Å². The molecule has 2 heterocycles. The van der Waals surface area contributed by atoms with Gasteiger partial charge in [0, 0.05) is 36.6 Å². The Morgan fingerprint density at radius 3 is 1.86 bits per heavy atom. The van der Waals surface area contributed by atoms with Crippen molar-refractivity contribution in [3.63, 3.8) is 0 Å². The van der Waals surface area contributed by atoms with Crippen LogP contribution >= 0.6 is 0 Å². The van der Waals surface area contributed by atoms with Crippen molar-refractivity contribution >= 4 is 11.6 Å². The zero-order valence-corrected chi connectivity index (χ0v) is 12.4. The highest BCUT2D eigenvalue weighted by molar-refractivity contribution is 5.76. The number of carbonyl (C=O) groups is 2. The van der Waals surface area contributed by atoms with Crippen LogP contribution < -0.4 is 0 Å². The van der Waals surface area contributed by atoms with Crippen LogP contribution in [0.25, 0.3) is 5.95 Å². The standard InChI is InChI=1S/C16H19N3O2/c1-12(20)4-6-14-8-9-15(7-5-13(2)21)19(14)16-17-10-3-11-18-16/h3,8-11H,4-7H2,1-2H3. The van der Waals surface area contributed by atoms with E-state index in [1.807, 2.05) is 16.7 Å². The van der Waals surface area contributed by atoms with Crippen molar-refractivity contribution in [2.45, 2.75) is 39.5 Å². The van der Waals surface area contributed by atoms with E-state index in [1.54, 1.807) is 32.3 Å². The minimum absolute atomic E-state index is 0.155. The summed E-state index contributed by atoms with van der Waals surface area (Å²) >= 11 is 0. The molecule has 0 aliphatic heterocycles. The lowest BCUT2D eigenvalue weighted by molar-refractivity contribution is -0.117. The molecule has 110 valence electrons. The Bertz CT molecular complexity index is 597. The number of hydrogen-bond donors (Lipinski definition) is 0. The van der Waals surface area contributed by atoms with E-state index in [0.29, 0.717) is 31.6 Å². The van der Waals surface area contributed by atoms with Crippen LogP contribution in [-0.2, 0) is 22.4 Å². The molecular weight excluding hydrogens is 266 g/mol. The van der Waals surface area contributed by atoms with Crippen LogP contribution in [0.5, 0.6) is 0 Å². The molecule has 21 heavy (non-hydrogen) atoms. The van der Waals surface area contributed by atoms with Gasteiger partial charge in [-0.1, -0.05) is 0 Å². The molecule has 0 saturated carbocycles. The van der Waals surface area contributed by atoms with Crippen molar-refractivity contribution < 1.29 is 9.59 Å². The lowest BCUT2D eigenvalue weighted by Gasteiger charge is -2.11. The number of ketones is 2. The van der Waals surface area contributed by atoms with Gasteiger partial charge in [0.05, 0.1) is 0 Å². The van der Waals surface area contributed by atoms with Crippen LogP contribution in [0.3, 0.4) is 0 Å². The van der Waals surface area contributed by atoms with Crippen LogP contribution in [0.4, 0.5) is 0 Å². The van der Waals surface area contributed by atoms with Gasteiger partial charge in [-0.05, 0) is 44.9 Å².